The number of hydrogen-bond donors (Lipinski definition) is 2. The highest BCUT2D eigenvalue weighted by molar-refractivity contribution is 6.35. The van der Waals surface area contributed by atoms with Crippen LogP contribution in [0.15, 0.2) is 40.9 Å². The molecule has 0 amide bonds. The van der Waals surface area contributed by atoms with Crippen molar-refractivity contribution in [2.45, 2.75) is 11.0 Å². The van der Waals surface area contributed by atoms with Crippen LogP contribution >= 0.6 is 23.2 Å². The zero-order chi connectivity index (χ0) is 11.5. The first-order valence-electron chi connectivity index (χ1n) is 4.59. The summed E-state index contributed by atoms with van der Waals surface area (Å²) in [6.45, 7) is 0. The van der Waals surface area contributed by atoms with Crippen LogP contribution in [-0.2, 0) is 4.74 Å². The second-order valence-electron chi connectivity index (χ2n) is 3.17. The Kier molecular flexibility index (Phi) is 3.31. The first-order valence-corrected chi connectivity index (χ1v) is 5.47. The van der Waals surface area contributed by atoms with Crippen LogP contribution in [0.1, 0.15) is 0 Å². The van der Waals surface area contributed by atoms with E-state index in [0.717, 1.165) is 0 Å². The van der Waals surface area contributed by atoms with Gasteiger partial charge in [0.1, 0.15) is 5.76 Å². The number of hydrogen-bond acceptors (Lipinski definition) is 4. The number of halogens is 2. The van der Waals surface area contributed by atoms with Gasteiger partial charge in [0, 0.05) is 12.3 Å². The maximum absolute atomic E-state index is 7.44. The lowest BCUT2D eigenvalue weighted by Gasteiger charge is -2.19. The summed E-state index contributed by atoms with van der Waals surface area (Å²) >= 11 is 11.6. The van der Waals surface area contributed by atoms with Crippen molar-refractivity contribution in [3.63, 3.8) is 0 Å². The lowest BCUT2D eigenvalue weighted by Crippen LogP contribution is -2.26. The third-order valence-corrected chi connectivity index (χ3v) is 2.55. The fourth-order valence-electron chi connectivity index (χ4n) is 1.20. The largest absolute Gasteiger partial charge is 0.442 e. The van der Waals surface area contributed by atoms with Crippen molar-refractivity contribution in [1.29, 1.82) is 5.41 Å². The molecule has 0 aromatic heterocycles. The van der Waals surface area contributed by atoms with E-state index in [9.17, 15) is 0 Å². The van der Waals surface area contributed by atoms with Crippen molar-refractivity contribution in [3.8, 4) is 0 Å². The highest BCUT2D eigenvalue weighted by Crippen LogP contribution is 2.17. The molecule has 0 spiro atoms. The summed E-state index contributed by atoms with van der Waals surface area (Å²) in [7, 11) is 0. The minimum atomic E-state index is -0.515. The molecule has 2 atom stereocenters. The Labute approximate surface area is 103 Å². The number of ether oxygens (including phenoxy) is 1. The fraction of sp³-hybridized carbons (Fsp3) is 0.200. The van der Waals surface area contributed by atoms with E-state index in [2.05, 4.69) is 10.3 Å². The van der Waals surface area contributed by atoms with Gasteiger partial charge in [0.25, 0.3) is 0 Å². The Hall–Kier alpha value is -1.26. The average Bonchev–Trinajstić information content (AvgIpc) is 2.24. The topological polar surface area (TPSA) is 57.5 Å². The first kappa shape index (κ1) is 11.2. The van der Waals surface area contributed by atoms with Crippen LogP contribution < -0.4 is 5.32 Å². The van der Waals surface area contributed by atoms with Gasteiger partial charge in [-0.3, -0.25) is 4.99 Å². The highest BCUT2D eigenvalue weighted by atomic mass is 35.5. The van der Waals surface area contributed by atoms with E-state index >= 15 is 0 Å². The first-order chi connectivity index (χ1) is 7.65. The summed E-state index contributed by atoms with van der Waals surface area (Å²) in [5.41, 5.74) is -0.172. The average molecular weight is 258 g/mol. The number of aliphatic imine (C=N–C) groups is 1. The van der Waals surface area contributed by atoms with E-state index in [-0.39, 0.29) is 0 Å². The third kappa shape index (κ3) is 2.65. The van der Waals surface area contributed by atoms with E-state index in [1.807, 2.05) is 0 Å². The van der Waals surface area contributed by atoms with Gasteiger partial charge in [-0.05, 0) is 18.2 Å². The highest BCUT2D eigenvalue weighted by Gasteiger charge is 2.15. The molecule has 0 saturated heterocycles. The molecule has 2 N–H and O–H groups in total. The van der Waals surface area contributed by atoms with E-state index in [1.165, 1.54) is 0 Å². The molecule has 0 bridgehead atoms. The molecule has 16 heavy (non-hydrogen) atoms. The van der Waals surface area contributed by atoms with Gasteiger partial charge in [-0.15, -0.1) is 11.6 Å². The van der Waals surface area contributed by atoms with E-state index in [0.29, 0.717) is 17.4 Å². The van der Waals surface area contributed by atoms with Gasteiger partial charge in [0.15, 0.2) is 11.5 Å². The van der Waals surface area contributed by atoms with Crippen LogP contribution in [0.3, 0.4) is 0 Å². The molecule has 0 aromatic rings. The third-order valence-electron chi connectivity index (χ3n) is 1.97. The van der Waals surface area contributed by atoms with E-state index in [1.54, 1.807) is 30.5 Å². The van der Waals surface area contributed by atoms with E-state index < -0.39 is 11.0 Å². The van der Waals surface area contributed by atoms with Crippen molar-refractivity contribution < 1.29 is 4.74 Å². The van der Waals surface area contributed by atoms with Crippen LogP contribution in [-0.4, -0.2) is 22.9 Å². The molecular formula is C10H9Cl2N3O. The maximum atomic E-state index is 7.44. The van der Waals surface area contributed by atoms with Crippen molar-refractivity contribution in [2.24, 2.45) is 4.99 Å². The minimum absolute atomic E-state index is 0.344. The summed E-state index contributed by atoms with van der Waals surface area (Å²) in [5, 5.41) is 9.82. The maximum Gasteiger partial charge on any atom is 0.197 e. The number of rotatable bonds is 2. The van der Waals surface area contributed by atoms with Gasteiger partial charge in [0.2, 0.25) is 0 Å². The molecule has 1 aliphatic heterocycles. The van der Waals surface area contributed by atoms with Gasteiger partial charge in [-0.25, -0.2) is 0 Å². The number of nitrogens with one attached hydrogen (secondary N) is 2. The van der Waals surface area contributed by atoms with Gasteiger partial charge in [-0.1, -0.05) is 11.6 Å². The Bertz CT molecular complexity index is 426. The van der Waals surface area contributed by atoms with Crippen molar-refractivity contribution in [1.82, 2.24) is 5.32 Å². The lowest BCUT2D eigenvalue weighted by molar-refractivity contribution is 0.283. The Balaban J connectivity index is 2.04. The molecule has 0 fully saturated rings. The quantitative estimate of drug-likeness (QED) is 0.588. The van der Waals surface area contributed by atoms with Crippen LogP contribution in [0.25, 0.3) is 0 Å². The van der Waals surface area contributed by atoms with Gasteiger partial charge in [-0.2, -0.15) is 0 Å². The Morgan fingerprint density at radius 1 is 1.38 bits per heavy atom. The van der Waals surface area contributed by atoms with Crippen LogP contribution in [0.4, 0.5) is 0 Å². The summed E-state index contributed by atoms with van der Waals surface area (Å²) in [5.74, 6) is 1.08. The molecular weight excluding hydrogens is 249 g/mol. The zero-order valence-electron chi connectivity index (χ0n) is 8.15. The van der Waals surface area contributed by atoms with Crippen molar-refractivity contribution >= 4 is 35.1 Å². The van der Waals surface area contributed by atoms with E-state index in [4.69, 9.17) is 33.3 Å². The lowest BCUT2D eigenvalue weighted by atomic mass is 10.1. The molecule has 0 radical (unpaired) electrons. The molecule has 0 saturated carbocycles. The summed E-state index contributed by atoms with van der Waals surface area (Å²) in [6, 6.07) is 0. The molecule has 1 aliphatic carbocycles. The number of alkyl halides is 2. The zero-order valence-corrected chi connectivity index (χ0v) is 9.66. The van der Waals surface area contributed by atoms with Gasteiger partial charge >= 0.3 is 0 Å². The summed E-state index contributed by atoms with van der Waals surface area (Å²) in [6.07, 6.45) is 8.16. The summed E-state index contributed by atoms with van der Waals surface area (Å²) < 4.78 is 5.49. The van der Waals surface area contributed by atoms with Gasteiger partial charge in [0.05, 0.1) is 11.1 Å². The smallest absolute Gasteiger partial charge is 0.197 e. The van der Waals surface area contributed by atoms with Crippen molar-refractivity contribution in [3.05, 3.63) is 35.9 Å². The molecule has 1 heterocycles. The SMILES string of the molecule is N=C1C=CC(OC2=CC=NC(Cl)N2)=CC1Cl. The fourth-order valence-corrected chi connectivity index (χ4v) is 1.57. The molecule has 2 aliphatic rings. The monoisotopic (exact) mass is 257 g/mol. The van der Waals surface area contributed by atoms with Crippen LogP contribution in [0.2, 0.25) is 0 Å². The number of allylic oxidation sites excluding steroid dienone is 4. The second kappa shape index (κ2) is 4.72. The molecule has 2 unspecified atom stereocenters. The van der Waals surface area contributed by atoms with Gasteiger partial charge < -0.3 is 15.5 Å². The summed E-state index contributed by atoms with van der Waals surface area (Å²) in [4.78, 5) is 3.88. The predicted octanol–water partition coefficient (Wildman–Crippen LogP) is 2.12. The predicted molar refractivity (Wildman–Crippen MR) is 65.0 cm³/mol. The Morgan fingerprint density at radius 2 is 2.19 bits per heavy atom. The molecule has 6 heteroatoms. The molecule has 4 nitrogen and oxygen atoms in total. The molecule has 2 rings (SSSR count). The van der Waals surface area contributed by atoms with Crippen LogP contribution in [0.5, 0.6) is 0 Å². The molecule has 84 valence electrons. The van der Waals surface area contributed by atoms with Crippen molar-refractivity contribution in [2.75, 3.05) is 0 Å². The normalized spacial score (nSPS) is 28.2. The molecule has 0 aromatic carbocycles. The standard InChI is InChI=1S/C10H9Cl2N3O/c11-7-5-6(1-2-8(7)13)16-9-3-4-14-10(12)15-9/h1-5,7,10,13,15H. The minimum Gasteiger partial charge on any atom is -0.442 e. The number of nitrogens with zero attached hydrogens (tertiary/aromatic N) is 1. The Morgan fingerprint density at radius 3 is 2.88 bits per heavy atom. The van der Waals surface area contributed by atoms with Crippen LogP contribution in [0, 0.1) is 5.41 Å². The second-order valence-corrected chi connectivity index (χ2v) is 4.05.